The van der Waals surface area contributed by atoms with E-state index in [0.717, 1.165) is 40.9 Å². The van der Waals surface area contributed by atoms with Gasteiger partial charge in [0, 0.05) is 48.5 Å². The Morgan fingerprint density at radius 2 is 1.86 bits per heavy atom. The van der Waals surface area contributed by atoms with E-state index in [2.05, 4.69) is 39.0 Å². The average Bonchev–Trinajstić information content (AvgIpc) is 3.52. The third kappa shape index (κ3) is 7.14. The highest BCUT2D eigenvalue weighted by atomic mass is 32.1. The maximum atomic E-state index is 14.3. The minimum atomic E-state index is -2.67. The molecular weight excluding hydrogens is 593 g/mol. The van der Waals surface area contributed by atoms with E-state index in [9.17, 15) is 18.0 Å². The number of rotatable bonds is 10. The first-order valence-corrected chi connectivity index (χ1v) is 15.6. The van der Waals surface area contributed by atoms with Gasteiger partial charge in [0.05, 0.1) is 17.9 Å². The molecule has 1 saturated carbocycles. The summed E-state index contributed by atoms with van der Waals surface area (Å²) in [6, 6.07) is 12.8. The zero-order valence-electron chi connectivity index (χ0n) is 24.0. The van der Waals surface area contributed by atoms with Gasteiger partial charge >= 0.3 is 6.09 Å². The number of nitrogens with zero attached hydrogens (tertiary/aromatic N) is 2. The monoisotopic (exact) mass is 626 g/mol. The zero-order chi connectivity index (χ0) is 30.5. The highest BCUT2D eigenvalue weighted by Gasteiger charge is 2.36. The Bertz CT molecular complexity index is 1620. The van der Waals surface area contributed by atoms with Gasteiger partial charge < -0.3 is 24.8 Å². The van der Waals surface area contributed by atoms with Crippen LogP contribution in [-0.4, -0.2) is 61.2 Å². The molecule has 1 aliphatic carbocycles. The number of alkyl halides is 2. The lowest BCUT2D eigenvalue weighted by atomic mass is 9.94. The Hall–Kier alpha value is -3.74. The van der Waals surface area contributed by atoms with Gasteiger partial charge in [-0.15, -0.1) is 21.5 Å². The first-order valence-electron chi connectivity index (χ1n) is 14.8. The number of nitrogens with one attached hydrogen (secondary N) is 2. The van der Waals surface area contributed by atoms with Crippen LogP contribution in [0.4, 0.5) is 18.0 Å². The Balaban J connectivity index is 1.04. The van der Waals surface area contributed by atoms with Gasteiger partial charge in [0.15, 0.2) is 0 Å². The van der Waals surface area contributed by atoms with E-state index in [0.29, 0.717) is 17.0 Å². The molecule has 2 aromatic carbocycles. The highest BCUT2D eigenvalue weighted by molar-refractivity contribution is 7.17. The number of hydrogen-bond acceptors (Lipinski definition) is 8. The SMILES string of the molecule is O=C(NCCOCCOc1cc(F)ccc1-c1nnc(-c2ccc3c(c2)CCNC3)c2ccsc12)OC1CCC(F)(F)CC1. The van der Waals surface area contributed by atoms with Crippen molar-refractivity contribution < 1.29 is 32.2 Å². The predicted octanol–water partition coefficient (Wildman–Crippen LogP) is 6.51. The molecule has 44 heavy (non-hydrogen) atoms. The van der Waals surface area contributed by atoms with Gasteiger partial charge in [-0.2, -0.15) is 0 Å². The minimum absolute atomic E-state index is 0.139. The summed E-state index contributed by atoms with van der Waals surface area (Å²) in [6.45, 7) is 2.53. The number of halogens is 3. The quantitative estimate of drug-likeness (QED) is 0.194. The Kier molecular flexibility index (Phi) is 9.29. The van der Waals surface area contributed by atoms with Gasteiger partial charge in [-0.05, 0) is 66.6 Å². The number of aromatic nitrogens is 2. The van der Waals surface area contributed by atoms with Gasteiger partial charge in [0.2, 0.25) is 5.92 Å². The topological polar surface area (TPSA) is 94.6 Å². The molecular formula is C32H33F3N4O4S. The van der Waals surface area contributed by atoms with Crippen molar-refractivity contribution in [3.63, 3.8) is 0 Å². The van der Waals surface area contributed by atoms with Crippen molar-refractivity contribution in [1.29, 1.82) is 0 Å². The van der Waals surface area contributed by atoms with E-state index < -0.39 is 23.9 Å². The van der Waals surface area contributed by atoms with E-state index in [1.165, 1.54) is 23.3 Å². The van der Waals surface area contributed by atoms with E-state index >= 15 is 0 Å². The molecule has 2 aliphatic rings. The second kappa shape index (κ2) is 13.5. The molecule has 4 aromatic rings. The Labute approximate surface area is 256 Å². The standard InChI is InChI=1S/C32H33F3N4O4S/c33-23-3-4-25(27(18-23)42-15-14-41-13-12-37-31(40)43-24-5-9-32(34,35)10-6-24)29-30-26(8-16-44-30)28(38-39-29)21-1-2-22-19-36-11-7-20(22)17-21/h1-4,8,16-18,24,36H,5-7,9-15,19H2,(H,37,40). The minimum Gasteiger partial charge on any atom is -0.490 e. The molecule has 6 rings (SSSR count). The summed E-state index contributed by atoms with van der Waals surface area (Å²) in [4.78, 5) is 11.9. The largest absolute Gasteiger partial charge is 0.490 e. The molecule has 1 fully saturated rings. The van der Waals surface area contributed by atoms with Gasteiger partial charge in [-0.25, -0.2) is 18.0 Å². The smallest absolute Gasteiger partial charge is 0.407 e. The van der Waals surface area contributed by atoms with E-state index in [1.807, 2.05) is 11.4 Å². The number of fused-ring (bicyclic) bond motifs is 2. The highest BCUT2D eigenvalue weighted by Crippen LogP contribution is 2.40. The number of carbonyl (C=O) groups excluding carboxylic acids is 1. The van der Waals surface area contributed by atoms with Gasteiger partial charge in [-0.3, -0.25) is 0 Å². The van der Waals surface area contributed by atoms with Crippen molar-refractivity contribution in [3.05, 3.63) is 64.8 Å². The summed E-state index contributed by atoms with van der Waals surface area (Å²) in [7, 11) is 0. The number of hydrogen-bond donors (Lipinski definition) is 2. The summed E-state index contributed by atoms with van der Waals surface area (Å²) in [5, 5.41) is 18.1. The number of ether oxygens (including phenoxy) is 3. The molecule has 2 aromatic heterocycles. The van der Waals surface area contributed by atoms with Crippen LogP contribution in [0, 0.1) is 5.82 Å². The molecule has 1 amide bonds. The molecule has 0 atom stereocenters. The van der Waals surface area contributed by atoms with Crippen LogP contribution in [0.3, 0.4) is 0 Å². The lowest BCUT2D eigenvalue weighted by Crippen LogP contribution is -2.35. The maximum Gasteiger partial charge on any atom is 0.407 e. The van der Waals surface area contributed by atoms with Crippen LogP contribution < -0.4 is 15.4 Å². The number of benzene rings is 2. The van der Waals surface area contributed by atoms with Crippen LogP contribution in [0.25, 0.3) is 32.6 Å². The first kappa shape index (κ1) is 30.3. The summed E-state index contributed by atoms with van der Waals surface area (Å²) in [5.74, 6) is -2.79. The number of carbonyl (C=O) groups is 1. The molecule has 0 radical (unpaired) electrons. The molecule has 0 bridgehead atoms. The lowest BCUT2D eigenvalue weighted by molar-refractivity contribution is -0.0656. The van der Waals surface area contributed by atoms with Crippen molar-refractivity contribution in [2.75, 3.05) is 32.9 Å². The average molecular weight is 627 g/mol. The van der Waals surface area contributed by atoms with E-state index in [1.54, 1.807) is 17.4 Å². The number of amides is 1. The van der Waals surface area contributed by atoms with E-state index in [-0.39, 0.29) is 52.0 Å². The summed E-state index contributed by atoms with van der Waals surface area (Å²) in [6.07, 6.45) is -0.429. The Morgan fingerprint density at radius 3 is 2.73 bits per heavy atom. The molecule has 0 spiro atoms. The summed E-state index contributed by atoms with van der Waals surface area (Å²) >= 11 is 1.55. The second-order valence-electron chi connectivity index (χ2n) is 11.0. The van der Waals surface area contributed by atoms with Crippen LogP contribution in [0.2, 0.25) is 0 Å². The third-order valence-corrected chi connectivity index (χ3v) is 8.81. The molecule has 2 N–H and O–H groups in total. The van der Waals surface area contributed by atoms with Crippen molar-refractivity contribution in [3.8, 4) is 28.3 Å². The fraction of sp³-hybridized carbons (Fsp3) is 0.406. The predicted molar refractivity (Wildman–Crippen MR) is 162 cm³/mol. The van der Waals surface area contributed by atoms with Gasteiger partial charge in [0.25, 0.3) is 0 Å². The van der Waals surface area contributed by atoms with Crippen LogP contribution in [-0.2, 0) is 22.4 Å². The van der Waals surface area contributed by atoms with Crippen molar-refractivity contribution in [2.45, 2.75) is 50.7 Å². The molecule has 12 heteroatoms. The normalized spacial score (nSPS) is 16.4. The van der Waals surface area contributed by atoms with Gasteiger partial charge in [-0.1, -0.05) is 12.1 Å². The molecule has 8 nitrogen and oxygen atoms in total. The summed E-state index contributed by atoms with van der Waals surface area (Å²) < 4.78 is 58.4. The maximum absolute atomic E-state index is 14.3. The van der Waals surface area contributed by atoms with Crippen molar-refractivity contribution in [1.82, 2.24) is 20.8 Å². The summed E-state index contributed by atoms with van der Waals surface area (Å²) in [5.41, 5.74) is 5.68. The molecule has 3 heterocycles. The zero-order valence-corrected chi connectivity index (χ0v) is 24.9. The number of alkyl carbamates (subject to hydrolysis) is 1. The molecule has 0 saturated heterocycles. The van der Waals surface area contributed by atoms with Crippen molar-refractivity contribution in [2.24, 2.45) is 0 Å². The Morgan fingerprint density at radius 1 is 1.02 bits per heavy atom. The first-order chi connectivity index (χ1) is 21.4. The molecule has 0 unspecified atom stereocenters. The second-order valence-corrected chi connectivity index (χ2v) is 11.9. The van der Waals surface area contributed by atoms with E-state index in [4.69, 9.17) is 14.2 Å². The van der Waals surface area contributed by atoms with Gasteiger partial charge in [0.1, 0.15) is 35.7 Å². The third-order valence-electron chi connectivity index (χ3n) is 7.89. The van der Waals surface area contributed by atoms with Crippen LogP contribution in [0.5, 0.6) is 5.75 Å². The van der Waals surface area contributed by atoms with Crippen molar-refractivity contribution >= 4 is 27.5 Å². The fourth-order valence-corrected chi connectivity index (χ4v) is 6.46. The number of thiophene rings is 1. The lowest BCUT2D eigenvalue weighted by Gasteiger charge is -2.27. The van der Waals surface area contributed by atoms with Crippen LogP contribution in [0.1, 0.15) is 36.8 Å². The van der Waals surface area contributed by atoms with Crippen LogP contribution >= 0.6 is 11.3 Å². The van der Waals surface area contributed by atoms with Crippen LogP contribution in [0.15, 0.2) is 47.8 Å². The fourth-order valence-electron chi connectivity index (χ4n) is 5.57. The molecule has 232 valence electrons. The molecule has 1 aliphatic heterocycles.